The molecule has 0 amide bonds. The molecular weight excluding hydrogens is 428 g/mol. The first kappa shape index (κ1) is 24.6. The minimum Gasteiger partial charge on any atom is -0.494 e. The first-order valence-corrected chi connectivity index (χ1v) is 12.1. The summed E-state index contributed by atoms with van der Waals surface area (Å²) in [6, 6.07) is 8.01. The second-order valence-corrected chi connectivity index (χ2v) is 8.93. The first-order valence-electron chi connectivity index (χ1n) is 11.7. The number of ether oxygens (including phenoxy) is 2. The number of methoxy groups -OCH3 is 1. The van der Waals surface area contributed by atoms with Crippen LogP contribution in [0.2, 0.25) is 5.15 Å². The number of aromatic nitrogens is 2. The van der Waals surface area contributed by atoms with Gasteiger partial charge in [0.05, 0.1) is 32.8 Å². The molecule has 1 aliphatic carbocycles. The lowest BCUT2D eigenvalue weighted by molar-refractivity contribution is -0.148. The van der Waals surface area contributed by atoms with Crippen molar-refractivity contribution in [3.63, 3.8) is 0 Å². The molecule has 0 bridgehead atoms. The van der Waals surface area contributed by atoms with Gasteiger partial charge < -0.3 is 19.1 Å². The van der Waals surface area contributed by atoms with Crippen LogP contribution in [-0.2, 0) is 29.1 Å². The summed E-state index contributed by atoms with van der Waals surface area (Å²) in [5, 5.41) is 10.0. The number of nitrogens with zero attached hydrogens (tertiary/aromatic N) is 2. The summed E-state index contributed by atoms with van der Waals surface area (Å²) in [6.07, 6.45) is 8.05. The number of imidazole rings is 1. The number of unbranched alkanes of at least 4 members (excludes halogenated alkanes) is 1. The molecular formula is C25H35ClN2O4. The highest BCUT2D eigenvalue weighted by atomic mass is 35.5. The summed E-state index contributed by atoms with van der Waals surface area (Å²) < 4.78 is 12.9. The van der Waals surface area contributed by atoms with Crippen molar-refractivity contribution in [1.29, 1.82) is 0 Å². The summed E-state index contributed by atoms with van der Waals surface area (Å²) in [7, 11) is 1.47. The Morgan fingerprint density at radius 1 is 1.25 bits per heavy atom. The van der Waals surface area contributed by atoms with Crippen LogP contribution in [0.1, 0.15) is 69.0 Å². The van der Waals surface area contributed by atoms with Crippen molar-refractivity contribution in [1.82, 2.24) is 9.55 Å². The Morgan fingerprint density at radius 2 is 2.00 bits per heavy atom. The average Bonchev–Trinajstić information content (AvgIpc) is 3.12. The highest BCUT2D eigenvalue weighted by Gasteiger charge is 2.31. The third kappa shape index (κ3) is 6.26. The Kier molecular flexibility index (Phi) is 9.42. The van der Waals surface area contributed by atoms with E-state index in [1.165, 1.54) is 13.5 Å². The zero-order valence-corrected chi connectivity index (χ0v) is 19.9. The third-order valence-electron chi connectivity index (χ3n) is 6.39. The van der Waals surface area contributed by atoms with Gasteiger partial charge in [-0.1, -0.05) is 49.9 Å². The molecule has 0 radical (unpaired) electrons. The topological polar surface area (TPSA) is 73.6 Å². The molecule has 1 aromatic heterocycles. The van der Waals surface area contributed by atoms with E-state index in [1.807, 2.05) is 28.8 Å². The van der Waals surface area contributed by atoms with Crippen LogP contribution in [0.3, 0.4) is 0 Å². The second kappa shape index (κ2) is 12.3. The summed E-state index contributed by atoms with van der Waals surface area (Å²) in [6.45, 7) is 3.18. The van der Waals surface area contributed by atoms with Crippen LogP contribution in [0.25, 0.3) is 0 Å². The highest BCUT2D eigenvalue weighted by molar-refractivity contribution is 6.30. The maximum absolute atomic E-state index is 12.0. The Morgan fingerprint density at radius 3 is 2.69 bits per heavy atom. The van der Waals surface area contributed by atoms with Crippen LogP contribution in [-0.4, -0.2) is 34.3 Å². The minimum absolute atomic E-state index is 0.00497. The fraction of sp³-hybridized carbons (Fsp3) is 0.600. The molecule has 1 aromatic carbocycles. The molecule has 0 spiro atoms. The maximum atomic E-state index is 12.0. The van der Waals surface area contributed by atoms with Crippen LogP contribution < -0.4 is 4.74 Å². The first-order chi connectivity index (χ1) is 15.6. The molecule has 1 saturated carbocycles. The number of carbonyl (C=O) groups excluding carboxylic acids is 1. The van der Waals surface area contributed by atoms with Crippen molar-refractivity contribution in [2.24, 2.45) is 11.8 Å². The highest BCUT2D eigenvalue weighted by Crippen LogP contribution is 2.33. The van der Waals surface area contributed by atoms with Crippen LogP contribution in [0.4, 0.5) is 0 Å². The van der Waals surface area contributed by atoms with Gasteiger partial charge in [0, 0.05) is 6.42 Å². The van der Waals surface area contributed by atoms with Gasteiger partial charge in [-0.25, -0.2) is 4.98 Å². The van der Waals surface area contributed by atoms with Crippen LogP contribution in [0.5, 0.6) is 5.75 Å². The second-order valence-electron chi connectivity index (χ2n) is 8.57. The molecule has 1 aliphatic rings. The summed E-state index contributed by atoms with van der Waals surface area (Å²) >= 11 is 6.46. The van der Waals surface area contributed by atoms with Crippen molar-refractivity contribution >= 4 is 17.6 Å². The van der Waals surface area contributed by atoms with Gasteiger partial charge in [0.2, 0.25) is 0 Å². The van der Waals surface area contributed by atoms with Crippen LogP contribution in [0.15, 0.2) is 24.3 Å². The molecule has 3 rings (SSSR count). The smallest absolute Gasteiger partial charge is 0.308 e. The van der Waals surface area contributed by atoms with E-state index in [9.17, 15) is 9.90 Å². The van der Waals surface area contributed by atoms with E-state index in [0.29, 0.717) is 29.9 Å². The minimum atomic E-state index is -0.157. The zero-order chi connectivity index (χ0) is 22.9. The number of rotatable bonds is 11. The molecule has 176 valence electrons. The van der Waals surface area contributed by atoms with Gasteiger partial charge in [0.1, 0.15) is 22.4 Å². The van der Waals surface area contributed by atoms with Crippen LogP contribution >= 0.6 is 11.6 Å². The number of esters is 1. The SMILES string of the molecule is CCCCc1nc(CO)c(Cl)n1Cc1ccc(OCCC2CCCCC2C(=O)OC)cc1. The molecule has 7 heteroatoms. The normalized spacial score (nSPS) is 18.5. The number of halogens is 1. The molecule has 2 aromatic rings. The summed E-state index contributed by atoms with van der Waals surface area (Å²) in [5.41, 5.74) is 1.63. The molecule has 0 saturated heterocycles. The molecule has 1 fully saturated rings. The third-order valence-corrected chi connectivity index (χ3v) is 6.81. The lowest BCUT2D eigenvalue weighted by atomic mass is 9.77. The van der Waals surface area contributed by atoms with E-state index in [0.717, 1.165) is 62.1 Å². The van der Waals surface area contributed by atoms with E-state index in [2.05, 4.69) is 11.9 Å². The largest absolute Gasteiger partial charge is 0.494 e. The van der Waals surface area contributed by atoms with Gasteiger partial charge in [0.15, 0.2) is 0 Å². The van der Waals surface area contributed by atoms with E-state index in [1.54, 1.807) is 0 Å². The molecule has 32 heavy (non-hydrogen) atoms. The maximum Gasteiger partial charge on any atom is 0.308 e. The fourth-order valence-corrected chi connectivity index (χ4v) is 4.79. The number of aryl methyl sites for hydroxylation is 1. The lowest BCUT2D eigenvalue weighted by Crippen LogP contribution is -2.29. The van der Waals surface area contributed by atoms with Crippen molar-refractivity contribution in [3.8, 4) is 5.75 Å². The molecule has 1 N–H and O–H groups in total. The fourth-order valence-electron chi connectivity index (χ4n) is 4.54. The monoisotopic (exact) mass is 462 g/mol. The Balaban J connectivity index is 1.56. The number of carbonyl (C=O) groups is 1. The number of benzene rings is 1. The molecule has 6 nitrogen and oxygen atoms in total. The number of hydrogen-bond acceptors (Lipinski definition) is 5. The number of aliphatic hydroxyl groups is 1. The van der Waals surface area contributed by atoms with E-state index >= 15 is 0 Å². The van der Waals surface area contributed by atoms with Crippen molar-refractivity contribution in [3.05, 3.63) is 46.5 Å². The predicted octanol–water partition coefficient (Wildman–Crippen LogP) is 5.17. The van der Waals surface area contributed by atoms with Crippen molar-refractivity contribution in [2.45, 2.75) is 71.4 Å². The Labute approximate surface area is 195 Å². The summed E-state index contributed by atoms with van der Waals surface area (Å²) in [4.78, 5) is 16.5. The average molecular weight is 463 g/mol. The van der Waals surface area contributed by atoms with E-state index < -0.39 is 0 Å². The van der Waals surface area contributed by atoms with Crippen molar-refractivity contribution in [2.75, 3.05) is 13.7 Å². The standard InChI is InChI=1S/C25H35ClN2O4/c1-3-4-9-23-27-22(17-29)24(26)28(23)16-18-10-12-20(13-11-18)32-15-14-19-7-5-6-8-21(19)25(30)31-2/h10-13,19,21,29H,3-9,14-17H2,1-2H3. The van der Waals surface area contributed by atoms with Gasteiger partial charge in [-0.05, 0) is 49.3 Å². The molecule has 2 atom stereocenters. The molecule has 2 unspecified atom stereocenters. The van der Waals surface area contributed by atoms with E-state index in [-0.39, 0.29) is 18.5 Å². The quantitative estimate of drug-likeness (QED) is 0.466. The molecule has 1 heterocycles. The van der Waals surface area contributed by atoms with Gasteiger partial charge >= 0.3 is 5.97 Å². The van der Waals surface area contributed by atoms with Gasteiger partial charge in [-0.2, -0.15) is 0 Å². The Hall–Kier alpha value is -2.05. The lowest BCUT2D eigenvalue weighted by Gasteiger charge is -2.29. The Bertz CT molecular complexity index is 866. The van der Waals surface area contributed by atoms with Crippen LogP contribution in [0, 0.1) is 11.8 Å². The van der Waals surface area contributed by atoms with E-state index in [4.69, 9.17) is 21.1 Å². The van der Waals surface area contributed by atoms with Gasteiger partial charge in [-0.15, -0.1) is 0 Å². The number of aliphatic hydroxyl groups excluding tert-OH is 1. The zero-order valence-electron chi connectivity index (χ0n) is 19.2. The predicted molar refractivity (Wildman–Crippen MR) is 125 cm³/mol. The van der Waals surface area contributed by atoms with Gasteiger partial charge in [-0.3, -0.25) is 4.79 Å². The van der Waals surface area contributed by atoms with Gasteiger partial charge in [0.25, 0.3) is 0 Å². The van der Waals surface area contributed by atoms with Crippen molar-refractivity contribution < 1.29 is 19.4 Å². The molecule has 0 aliphatic heterocycles. The summed E-state index contributed by atoms with van der Waals surface area (Å²) in [5.74, 6) is 1.98. The number of hydrogen-bond donors (Lipinski definition) is 1.